The summed E-state index contributed by atoms with van der Waals surface area (Å²) in [5.74, 6) is -0.869. The summed E-state index contributed by atoms with van der Waals surface area (Å²) in [4.78, 5) is 38.2. The van der Waals surface area contributed by atoms with Gasteiger partial charge in [-0.25, -0.2) is 9.59 Å². The average molecular weight is 342 g/mol. The van der Waals surface area contributed by atoms with Crippen LogP contribution in [0.3, 0.4) is 0 Å². The molecule has 138 valence electrons. The van der Waals surface area contributed by atoms with Crippen molar-refractivity contribution in [2.45, 2.75) is 71.6 Å². The second-order valence-electron chi connectivity index (χ2n) is 7.23. The predicted molar refractivity (Wildman–Crippen MR) is 89.4 cm³/mol. The first-order valence-electron chi connectivity index (χ1n) is 8.48. The minimum atomic E-state index is -0.714. The molecule has 1 N–H and O–H groups in total. The van der Waals surface area contributed by atoms with Crippen LogP contribution in [0.25, 0.3) is 0 Å². The van der Waals surface area contributed by atoms with Crippen LogP contribution in [0.4, 0.5) is 4.79 Å². The molecule has 0 spiro atoms. The fourth-order valence-corrected chi connectivity index (χ4v) is 2.62. The van der Waals surface area contributed by atoms with Crippen molar-refractivity contribution in [1.29, 1.82) is 0 Å². The Morgan fingerprint density at radius 1 is 1.29 bits per heavy atom. The molecular formula is C17H30N2O5. The lowest BCUT2D eigenvalue weighted by Gasteiger charge is -2.29. The summed E-state index contributed by atoms with van der Waals surface area (Å²) in [6, 6.07) is -1.33. The summed E-state index contributed by atoms with van der Waals surface area (Å²) < 4.78 is 10.1. The number of likely N-dealkylation sites (tertiary alicyclic amines) is 1. The zero-order chi connectivity index (χ0) is 18.5. The van der Waals surface area contributed by atoms with E-state index >= 15 is 0 Å². The fourth-order valence-electron chi connectivity index (χ4n) is 2.62. The van der Waals surface area contributed by atoms with Crippen LogP contribution in [0.2, 0.25) is 0 Å². The van der Waals surface area contributed by atoms with Crippen LogP contribution in [0.15, 0.2) is 0 Å². The molecule has 0 radical (unpaired) electrons. The third-order valence-electron chi connectivity index (χ3n) is 4.15. The van der Waals surface area contributed by atoms with Crippen molar-refractivity contribution in [1.82, 2.24) is 10.2 Å². The number of rotatable bonds is 5. The van der Waals surface area contributed by atoms with Crippen LogP contribution >= 0.6 is 0 Å². The van der Waals surface area contributed by atoms with Gasteiger partial charge in [-0.2, -0.15) is 0 Å². The second kappa shape index (κ2) is 8.35. The van der Waals surface area contributed by atoms with Crippen molar-refractivity contribution >= 4 is 18.0 Å². The first-order chi connectivity index (χ1) is 11.1. The Morgan fingerprint density at radius 2 is 1.92 bits per heavy atom. The number of carbonyl (C=O) groups excluding carboxylic acids is 3. The van der Waals surface area contributed by atoms with Gasteiger partial charge in [-0.3, -0.25) is 9.69 Å². The van der Waals surface area contributed by atoms with Crippen molar-refractivity contribution in [2.75, 3.05) is 13.7 Å². The molecule has 7 heteroatoms. The first kappa shape index (κ1) is 20.3. The Kier molecular flexibility index (Phi) is 7.05. The van der Waals surface area contributed by atoms with Crippen LogP contribution in [0.1, 0.15) is 53.9 Å². The molecule has 1 saturated heterocycles. The van der Waals surface area contributed by atoms with Gasteiger partial charge in [0.25, 0.3) is 0 Å². The molecule has 2 amide bonds. The zero-order valence-corrected chi connectivity index (χ0v) is 15.5. The monoisotopic (exact) mass is 342 g/mol. The maximum Gasteiger partial charge on any atom is 0.410 e. The van der Waals surface area contributed by atoms with Gasteiger partial charge in [-0.15, -0.1) is 0 Å². The lowest BCUT2D eigenvalue weighted by Crippen LogP contribution is -2.53. The topological polar surface area (TPSA) is 84.9 Å². The standard InChI is InChI=1S/C17H30N2O5/c1-7-11(2)13(15(21)23-6)18-14(20)12-9-8-10-19(12)16(22)24-17(3,4)5/h11-13H,7-10H2,1-6H3,(H,18,20)/t11?,12-,13?/m0/s1. The molecule has 1 aliphatic rings. The minimum absolute atomic E-state index is 0.0576. The molecule has 7 nitrogen and oxygen atoms in total. The molecule has 0 aromatic heterocycles. The lowest BCUT2D eigenvalue weighted by molar-refractivity contribution is -0.147. The van der Waals surface area contributed by atoms with E-state index in [0.717, 1.165) is 12.8 Å². The van der Waals surface area contributed by atoms with E-state index in [1.165, 1.54) is 12.0 Å². The van der Waals surface area contributed by atoms with Crippen molar-refractivity contribution in [2.24, 2.45) is 5.92 Å². The van der Waals surface area contributed by atoms with Gasteiger partial charge in [-0.1, -0.05) is 20.3 Å². The highest BCUT2D eigenvalue weighted by atomic mass is 16.6. The molecule has 0 aromatic rings. The molecule has 1 aliphatic heterocycles. The zero-order valence-electron chi connectivity index (χ0n) is 15.5. The summed E-state index contributed by atoms with van der Waals surface area (Å²) >= 11 is 0. The highest BCUT2D eigenvalue weighted by Gasteiger charge is 2.38. The summed E-state index contributed by atoms with van der Waals surface area (Å²) in [5, 5.41) is 2.75. The molecule has 0 aromatic carbocycles. The highest BCUT2D eigenvalue weighted by Crippen LogP contribution is 2.21. The number of esters is 1. The van der Waals surface area contributed by atoms with E-state index in [9.17, 15) is 14.4 Å². The maximum absolute atomic E-state index is 12.6. The Balaban J connectivity index is 2.80. The summed E-state index contributed by atoms with van der Waals surface area (Å²) in [7, 11) is 1.30. The summed E-state index contributed by atoms with van der Waals surface area (Å²) in [6.45, 7) is 9.64. The third kappa shape index (κ3) is 5.39. The minimum Gasteiger partial charge on any atom is -0.467 e. The van der Waals surface area contributed by atoms with Crippen molar-refractivity contribution < 1.29 is 23.9 Å². The first-order valence-corrected chi connectivity index (χ1v) is 8.48. The Labute approximate surface area is 144 Å². The van der Waals surface area contributed by atoms with E-state index in [1.54, 1.807) is 20.8 Å². The van der Waals surface area contributed by atoms with Crippen LogP contribution in [-0.2, 0) is 19.1 Å². The molecule has 3 atom stereocenters. The van der Waals surface area contributed by atoms with Crippen LogP contribution in [0.5, 0.6) is 0 Å². The number of carbonyl (C=O) groups is 3. The van der Waals surface area contributed by atoms with Crippen LogP contribution < -0.4 is 5.32 Å². The van der Waals surface area contributed by atoms with Crippen molar-refractivity contribution in [3.8, 4) is 0 Å². The molecule has 0 aliphatic carbocycles. The van der Waals surface area contributed by atoms with Gasteiger partial charge in [0.1, 0.15) is 17.7 Å². The van der Waals surface area contributed by atoms with Crippen molar-refractivity contribution in [3.05, 3.63) is 0 Å². The second-order valence-corrected chi connectivity index (χ2v) is 7.23. The largest absolute Gasteiger partial charge is 0.467 e. The number of ether oxygens (including phenoxy) is 2. The van der Waals surface area contributed by atoms with E-state index in [4.69, 9.17) is 9.47 Å². The van der Waals surface area contributed by atoms with Crippen LogP contribution in [0, 0.1) is 5.92 Å². The SMILES string of the molecule is CCC(C)C(NC(=O)[C@@H]1CCCN1C(=O)OC(C)(C)C)C(=O)OC. The molecule has 1 fully saturated rings. The number of hydrogen-bond donors (Lipinski definition) is 1. The number of hydrogen-bond acceptors (Lipinski definition) is 5. The molecule has 0 saturated carbocycles. The number of nitrogens with zero attached hydrogens (tertiary/aromatic N) is 1. The number of amides is 2. The molecule has 24 heavy (non-hydrogen) atoms. The van der Waals surface area contributed by atoms with E-state index in [-0.39, 0.29) is 11.8 Å². The molecule has 1 rings (SSSR count). The number of nitrogens with one attached hydrogen (secondary N) is 1. The van der Waals surface area contributed by atoms with Crippen LogP contribution in [-0.4, -0.2) is 54.2 Å². The smallest absolute Gasteiger partial charge is 0.410 e. The van der Waals surface area contributed by atoms with Gasteiger partial charge in [0.2, 0.25) is 5.91 Å². The van der Waals surface area contributed by atoms with E-state index in [0.29, 0.717) is 13.0 Å². The molecular weight excluding hydrogens is 312 g/mol. The molecule has 2 unspecified atom stereocenters. The average Bonchev–Trinajstić information content (AvgIpc) is 2.99. The van der Waals surface area contributed by atoms with Gasteiger partial charge in [0.05, 0.1) is 7.11 Å². The predicted octanol–water partition coefficient (Wildman–Crippen LogP) is 2.09. The highest BCUT2D eigenvalue weighted by molar-refractivity contribution is 5.90. The Morgan fingerprint density at radius 3 is 2.42 bits per heavy atom. The fraction of sp³-hybridized carbons (Fsp3) is 0.824. The van der Waals surface area contributed by atoms with Gasteiger partial charge in [0, 0.05) is 6.54 Å². The van der Waals surface area contributed by atoms with E-state index in [2.05, 4.69) is 5.32 Å². The summed E-state index contributed by atoms with van der Waals surface area (Å²) in [6.07, 6.45) is 1.50. The number of methoxy groups -OCH3 is 1. The Bertz CT molecular complexity index is 472. The molecule has 0 bridgehead atoms. The van der Waals surface area contributed by atoms with Gasteiger partial charge >= 0.3 is 12.1 Å². The summed E-state index contributed by atoms with van der Waals surface area (Å²) in [5.41, 5.74) is -0.619. The normalized spacial score (nSPS) is 20.2. The van der Waals surface area contributed by atoms with Gasteiger partial charge in [-0.05, 0) is 39.5 Å². The van der Waals surface area contributed by atoms with Gasteiger partial charge in [0.15, 0.2) is 0 Å². The van der Waals surface area contributed by atoms with E-state index in [1.807, 2.05) is 13.8 Å². The van der Waals surface area contributed by atoms with Crippen molar-refractivity contribution in [3.63, 3.8) is 0 Å². The third-order valence-corrected chi connectivity index (χ3v) is 4.15. The quantitative estimate of drug-likeness (QED) is 0.773. The lowest BCUT2D eigenvalue weighted by atomic mass is 9.98. The van der Waals surface area contributed by atoms with E-state index < -0.39 is 29.7 Å². The van der Waals surface area contributed by atoms with Gasteiger partial charge < -0.3 is 14.8 Å². The molecule has 1 heterocycles. The Hall–Kier alpha value is -1.79. The maximum atomic E-state index is 12.6.